The van der Waals surface area contributed by atoms with Crippen LogP contribution in [0.3, 0.4) is 0 Å². The molecule has 0 unspecified atom stereocenters. The maximum Gasteiger partial charge on any atom is 0.329 e. The second-order valence-corrected chi connectivity index (χ2v) is 6.12. The number of hydrogen-bond acceptors (Lipinski definition) is 5. The molecule has 4 rings (SSSR count). The fraction of sp³-hybridized carbons (Fsp3) is 0.312. The Morgan fingerprint density at radius 2 is 1.83 bits per heavy atom. The van der Waals surface area contributed by atoms with E-state index in [1.54, 1.807) is 7.05 Å². The molecule has 1 aliphatic heterocycles. The predicted molar refractivity (Wildman–Crippen MR) is 93.4 cm³/mol. The first-order valence-electron chi connectivity index (χ1n) is 7.72. The van der Waals surface area contributed by atoms with Crippen LogP contribution in [0.1, 0.15) is 0 Å². The van der Waals surface area contributed by atoms with Crippen LogP contribution in [-0.4, -0.2) is 39.7 Å². The van der Waals surface area contributed by atoms with Crippen LogP contribution in [0.15, 0.2) is 33.9 Å². The molecule has 0 aliphatic carbocycles. The first kappa shape index (κ1) is 14.6. The molecule has 1 aliphatic rings. The Kier molecular flexibility index (Phi) is 3.02. The Balaban J connectivity index is 1.86. The van der Waals surface area contributed by atoms with E-state index in [1.165, 1.54) is 4.57 Å². The van der Waals surface area contributed by atoms with Crippen molar-refractivity contribution < 1.29 is 0 Å². The topological polar surface area (TPSA) is 79.2 Å². The van der Waals surface area contributed by atoms with Crippen LogP contribution >= 0.6 is 0 Å². The highest BCUT2D eigenvalue weighted by atomic mass is 16.2. The van der Waals surface area contributed by atoms with Crippen molar-refractivity contribution in [1.82, 2.24) is 19.1 Å². The zero-order chi connectivity index (χ0) is 17.0. The minimum atomic E-state index is -0.453. The van der Waals surface area contributed by atoms with Crippen LogP contribution in [0.25, 0.3) is 11.2 Å². The molecular weight excluding hydrogens is 308 g/mol. The van der Waals surface area contributed by atoms with Gasteiger partial charge >= 0.3 is 5.69 Å². The van der Waals surface area contributed by atoms with Crippen LogP contribution < -0.4 is 21.0 Å². The first-order chi connectivity index (χ1) is 11.5. The number of anilines is 3. The second kappa shape index (κ2) is 4.98. The number of aryl methyl sites for hydroxylation is 1. The number of aromatic amines is 1. The Hall–Kier alpha value is -3.03. The fourth-order valence-corrected chi connectivity index (χ4v) is 3.12. The monoisotopic (exact) mass is 326 g/mol. The van der Waals surface area contributed by atoms with Gasteiger partial charge in [0, 0.05) is 45.6 Å². The van der Waals surface area contributed by atoms with E-state index in [-0.39, 0.29) is 0 Å². The third-order valence-electron chi connectivity index (χ3n) is 4.45. The number of rotatable bonds is 2. The Morgan fingerprint density at radius 3 is 2.50 bits per heavy atom. The molecule has 0 saturated heterocycles. The van der Waals surface area contributed by atoms with E-state index >= 15 is 0 Å². The quantitative estimate of drug-likeness (QED) is 0.748. The van der Waals surface area contributed by atoms with E-state index in [2.05, 4.69) is 14.9 Å². The number of fused-ring (bicyclic) bond motifs is 3. The average molecular weight is 326 g/mol. The minimum absolute atomic E-state index is 0.392. The zero-order valence-electron chi connectivity index (χ0n) is 13.8. The fourth-order valence-electron chi connectivity index (χ4n) is 3.12. The molecule has 124 valence electrons. The van der Waals surface area contributed by atoms with Crippen LogP contribution in [-0.2, 0) is 13.6 Å². The van der Waals surface area contributed by atoms with E-state index in [1.807, 2.05) is 47.8 Å². The largest absolute Gasteiger partial charge is 0.378 e. The molecule has 0 atom stereocenters. The standard InChI is InChI=1S/C16H18N6O2/c1-19(2)10-4-6-11(7-5-10)21-8-9-22-12-13(17-15(21)22)20(3)16(24)18-14(12)23/h4-7H,8-9H2,1-3H3,(H,18,23,24). The SMILES string of the molecule is CN(C)c1ccc(N2CCn3c2nc2c3c(=O)[nH]c(=O)n2C)cc1. The predicted octanol–water partition coefficient (Wildman–Crippen LogP) is 0.641. The molecule has 1 N–H and O–H groups in total. The van der Waals surface area contributed by atoms with Gasteiger partial charge in [-0.3, -0.25) is 14.3 Å². The number of imidazole rings is 1. The summed E-state index contributed by atoms with van der Waals surface area (Å²) in [6.45, 7) is 1.39. The number of benzene rings is 1. The molecule has 0 saturated carbocycles. The van der Waals surface area contributed by atoms with Gasteiger partial charge in [0.15, 0.2) is 11.2 Å². The van der Waals surface area contributed by atoms with Crippen molar-refractivity contribution in [2.24, 2.45) is 7.05 Å². The molecule has 3 aromatic rings. The third kappa shape index (κ3) is 1.96. The molecule has 8 heteroatoms. The normalized spacial score (nSPS) is 13.5. The van der Waals surface area contributed by atoms with E-state index in [9.17, 15) is 9.59 Å². The van der Waals surface area contributed by atoms with E-state index < -0.39 is 11.2 Å². The van der Waals surface area contributed by atoms with E-state index in [0.717, 1.165) is 17.9 Å². The smallest absolute Gasteiger partial charge is 0.329 e. The van der Waals surface area contributed by atoms with Gasteiger partial charge in [-0.1, -0.05) is 0 Å². The van der Waals surface area contributed by atoms with Crippen LogP contribution in [0.4, 0.5) is 17.3 Å². The number of aromatic nitrogens is 4. The van der Waals surface area contributed by atoms with Crippen molar-refractivity contribution in [3.05, 3.63) is 45.1 Å². The molecule has 3 heterocycles. The lowest BCUT2D eigenvalue weighted by Gasteiger charge is -2.18. The molecule has 0 amide bonds. The van der Waals surface area contributed by atoms with Gasteiger partial charge < -0.3 is 14.4 Å². The highest BCUT2D eigenvalue weighted by Crippen LogP contribution is 2.32. The van der Waals surface area contributed by atoms with Crippen LogP contribution in [0.2, 0.25) is 0 Å². The summed E-state index contributed by atoms with van der Waals surface area (Å²) >= 11 is 0. The molecule has 1 aromatic carbocycles. The third-order valence-corrected chi connectivity index (χ3v) is 4.45. The summed E-state index contributed by atoms with van der Waals surface area (Å²) in [7, 11) is 5.60. The number of nitrogens with zero attached hydrogens (tertiary/aromatic N) is 5. The summed E-state index contributed by atoms with van der Waals surface area (Å²) < 4.78 is 3.24. The lowest BCUT2D eigenvalue weighted by Crippen LogP contribution is -2.29. The summed E-state index contributed by atoms with van der Waals surface area (Å²) in [4.78, 5) is 34.9. The molecule has 24 heavy (non-hydrogen) atoms. The molecule has 0 bridgehead atoms. The second-order valence-electron chi connectivity index (χ2n) is 6.12. The zero-order valence-corrected chi connectivity index (χ0v) is 13.8. The van der Waals surface area contributed by atoms with Gasteiger partial charge in [-0.05, 0) is 24.3 Å². The van der Waals surface area contributed by atoms with Crippen molar-refractivity contribution in [2.45, 2.75) is 6.54 Å². The summed E-state index contributed by atoms with van der Waals surface area (Å²) in [6, 6.07) is 8.16. The lowest BCUT2D eigenvalue weighted by atomic mass is 10.2. The van der Waals surface area contributed by atoms with Gasteiger partial charge in [-0.25, -0.2) is 4.79 Å². The molecular formula is C16H18N6O2. The van der Waals surface area contributed by atoms with E-state index in [0.29, 0.717) is 23.7 Å². The minimum Gasteiger partial charge on any atom is -0.378 e. The number of H-pyrrole nitrogens is 1. The van der Waals surface area contributed by atoms with Gasteiger partial charge in [0.1, 0.15) is 0 Å². The highest BCUT2D eigenvalue weighted by molar-refractivity contribution is 5.77. The van der Waals surface area contributed by atoms with Gasteiger partial charge in [0.2, 0.25) is 5.95 Å². The van der Waals surface area contributed by atoms with Gasteiger partial charge in [0.05, 0.1) is 0 Å². The highest BCUT2D eigenvalue weighted by Gasteiger charge is 2.27. The Bertz CT molecular complexity index is 1040. The van der Waals surface area contributed by atoms with Crippen molar-refractivity contribution in [3.8, 4) is 0 Å². The van der Waals surface area contributed by atoms with Crippen molar-refractivity contribution in [1.29, 1.82) is 0 Å². The molecule has 0 radical (unpaired) electrons. The summed E-state index contributed by atoms with van der Waals surface area (Å²) in [5.41, 5.74) is 2.14. The summed E-state index contributed by atoms with van der Waals surface area (Å²) in [5, 5.41) is 0. The number of hydrogen-bond donors (Lipinski definition) is 1. The lowest BCUT2D eigenvalue weighted by molar-refractivity contribution is 0.797. The van der Waals surface area contributed by atoms with Crippen LogP contribution in [0, 0.1) is 0 Å². The Morgan fingerprint density at radius 1 is 1.12 bits per heavy atom. The Labute approximate surface area is 137 Å². The van der Waals surface area contributed by atoms with Gasteiger partial charge in [-0.2, -0.15) is 4.98 Å². The average Bonchev–Trinajstić information content (AvgIpc) is 3.11. The molecule has 2 aromatic heterocycles. The van der Waals surface area contributed by atoms with Crippen molar-refractivity contribution in [3.63, 3.8) is 0 Å². The maximum atomic E-state index is 12.2. The number of nitrogens with one attached hydrogen (secondary N) is 1. The first-order valence-corrected chi connectivity index (χ1v) is 7.72. The van der Waals surface area contributed by atoms with Gasteiger partial charge in [0.25, 0.3) is 5.56 Å². The van der Waals surface area contributed by atoms with Gasteiger partial charge in [-0.15, -0.1) is 0 Å². The molecule has 0 spiro atoms. The van der Waals surface area contributed by atoms with Crippen molar-refractivity contribution in [2.75, 3.05) is 30.4 Å². The van der Waals surface area contributed by atoms with Crippen LogP contribution in [0.5, 0.6) is 0 Å². The summed E-state index contributed by atoms with van der Waals surface area (Å²) in [6.07, 6.45) is 0. The maximum absolute atomic E-state index is 12.2. The molecule has 8 nitrogen and oxygen atoms in total. The molecule has 0 fully saturated rings. The van der Waals surface area contributed by atoms with E-state index in [4.69, 9.17) is 0 Å². The van der Waals surface area contributed by atoms with Crippen molar-refractivity contribution >= 4 is 28.5 Å². The summed E-state index contributed by atoms with van der Waals surface area (Å²) in [5.74, 6) is 0.689.